The van der Waals surface area contributed by atoms with Crippen LogP contribution in [0.2, 0.25) is 0 Å². The number of piperidine rings is 1. The third kappa shape index (κ3) is 7.29. The van der Waals surface area contributed by atoms with Gasteiger partial charge in [0.2, 0.25) is 0 Å². The molecule has 8 heteroatoms. The van der Waals surface area contributed by atoms with Crippen LogP contribution in [-0.4, -0.2) is 57.9 Å². The molecule has 0 radical (unpaired) electrons. The van der Waals surface area contributed by atoms with Crippen molar-refractivity contribution in [1.29, 1.82) is 0 Å². The minimum atomic E-state index is -1.82. The molecule has 144 valence electrons. The standard InChI is InChI=1S/C15H28N2O2.C2H2O4/c1-14(2,3)19-13(18)17-10-8-15(9-11-17)6-4-12(16)5-7-15;3-1(4)2(5)6/h12H,4-11,16H2,1-3H3;(H,3,4)(H,5,6). The molecule has 0 atom stereocenters. The normalized spacial score (nSPS) is 20.4. The number of hydrogen-bond acceptors (Lipinski definition) is 5. The summed E-state index contributed by atoms with van der Waals surface area (Å²) in [6.07, 6.45) is 6.82. The molecule has 1 saturated carbocycles. The van der Waals surface area contributed by atoms with Crippen LogP contribution in [0.15, 0.2) is 0 Å². The Kier molecular flexibility index (Phi) is 7.22. The molecule has 0 aromatic heterocycles. The van der Waals surface area contributed by atoms with Crippen LogP contribution in [0.1, 0.15) is 59.3 Å². The van der Waals surface area contributed by atoms with E-state index in [2.05, 4.69) is 0 Å². The van der Waals surface area contributed by atoms with Crippen LogP contribution in [0.5, 0.6) is 0 Å². The van der Waals surface area contributed by atoms with Gasteiger partial charge in [-0.15, -0.1) is 0 Å². The second kappa shape index (κ2) is 8.51. The van der Waals surface area contributed by atoms with E-state index >= 15 is 0 Å². The predicted octanol–water partition coefficient (Wildman–Crippen LogP) is 2.06. The van der Waals surface area contributed by atoms with Crippen molar-refractivity contribution in [2.45, 2.75) is 70.9 Å². The van der Waals surface area contributed by atoms with Crippen molar-refractivity contribution in [3.8, 4) is 0 Å². The molecule has 2 rings (SSSR count). The van der Waals surface area contributed by atoms with Crippen LogP contribution >= 0.6 is 0 Å². The maximum absolute atomic E-state index is 12.0. The Morgan fingerprint density at radius 1 is 1.00 bits per heavy atom. The van der Waals surface area contributed by atoms with Crippen molar-refractivity contribution in [2.75, 3.05) is 13.1 Å². The average Bonchev–Trinajstić information content (AvgIpc) is 2.50. The summed E-state index contributed by atoms with van der Waals surface area (Å²) >= 11 is 0. The zero-order valence-corrected chi connectivity index (χ0v) is 15.3. The van der Waals surface area contributed by atoms with E-state index in [4.69, 9.17) is 30.3 Å². The van der Waals surface area contributed by atoms with Crippen LogP contribution in [0.4, 0.5) is 4.79 Å². The molecule has 2 aliphatic rings. The number of rotatable bonds is 0. The second-order valence-electron chi connectivity index (χ2n) is 7.92. The molecular weight excluding hydrogens is 328 g/mol. The molecule has 25 heavy (non-hydrogen) atoms. The van der Waals surface area contributed by atoms with E-state index in [0.29, 0.717) is 11.5 Å². The summed E-state index contributed by atoms with van der Waals surface area (Å²) in [5.74, 6) is -3.65. The largest absolute Gasteiger partial charge is 0.473 e. The Labute approximate surface area is 148 Å². The van der Waals surface area contributed by atoms with E-state index in [9.17, 15) is 4.79 Å². The highest BCUT2D eigenvalue weighted by Crippen LogP contribution is 2.44. The van der Waals surface area contributed by atoms with E-state index in [1.165, 1.54) is 12.8 Å². The third-order valence-electron chi connectivity index (χ3n) is 4.75. The SMILES string of the molecule is CC(C)(C)OC(=O)N1CCC2(CCC(N)CC2)CC1.O=C(O)C(=O)O. The number of likely N-dealkylation sites (tertiary alicyclic amines) is 1. The first-order chi connectivity index (χ1) is 11.4. The quantitative estimate of drug-likeness (QED) is 0.565. The second-order valence-corrected chi connectivity index (χ2v) is 7.92. The van der Waals surface area contributed by atoms with Gasteiger partial charge in [0.25, 0.3) is 0 Å². The first kappa shape index (κ1) is 21.2. The molecule has 1 aliphatic heterocycles. The zero-order valence-electron chi connectivity index (χ0n) is 15.3. The van der Waals surface area contributed by atoms with E-state index in [-0.39, 0.29) is 6.09 Å². The van der Waals surface area contributed by atoms with Crippen molar-refractivity contribution >= 4 is 18.0 Å². The Bertz CT molecular complexity index is 470. The van der Waals surface area contributed by atoms with Gasteiger partial charge in [0, 0.05) is 19.1 Å². The topological polar surface area (TPSA) is 130 Å². The van der Waals surface area contributed by atoms with Gasteiger partial charge in [0.1, 0.15) is 5.60 Å². The number of nitrogens with zero attached hydrogens (tertiary/aromatic N) is 1. The molecular formula is C17H30N2O6. The number of carboxylic acid groups (broad SMARTS) is 2. The highest BCUT2D eigenvalue weighted by atomic mass is 16.6. The predicted molar refractivity (Wildman–Crippen MR) is 91.2 cm³/mol. The van der Waals surface area contributed by atoms with Crippen LogP contribution in [0.3, 0.4) is 0 Å². The van der Waals surface area contributed by atoms with Crippen LogP contribution in [0, 0.1) is 5.41 Å². The van der Waals surface area contributed by atoms with Crippen LogP contribution in [-0.2, 0) is 14.3 Å². The van der Waals surface area contributed by atoms with E-state index in [1.807, 2.05) is 25.7 Å². The van der Waals surface area contributed by atoms with Crippen LogP contribution in [0.25, 0.3) is 0 Å². The van der Waals surface area contributed by atoms with Crippen molar-refractivity contribution in [1.82, 2.24) is 4.90 Å². The molecule has 8 nitrogen and oxygen atoms in total. The summed E-state index contributed by atoms with van der Waals surface area (Å²) in [5.41, 5.74) is 6.04. The number of carbonyl (C=O) groups excluding carboxylic acids is 1. The molecule has 1 aliphatic carbocycles. The number of nitrogens with two attached hydrogens (primary N) is 1. The van der Waals surface area contributed by atoms with E-state index in [1.54, 1.807) is 0 Å². The monoisotopic (exact) mass is 358 g/mol. The van der Waals surface area contributed by atoms with E-state index < -0.39 is 17.5 Å². The lowest BCUT2D eigenvalue weighted by molar-refractivity contribution is -0.159. The number of hydrogen-bond donors (Lipinski definition) is 3. The smallest absolute Gasteiger partial charge is 0.414 e. The lowest BCUT2D eigenvalue weighted by Crippen LogP contribution is -2.47. The maximum atomic E-state index is 12.0. The Hall–Kier alpha value is -1.83. The number of amides is 1. The first-order valence-electron chi connectivity index (χ1n) is 8.64. The van der Waals surface area contributed by atoms with Crippen molar-refractivity contribution in [2.24, 2.45) is 11.1 Å². The van der Waals surface area contributed by atoms with Crippen molar-refractivity contribution < 1.29 is 29.3 Å². The Morgan fingerprint density at radius 3 is 1.80 bits per heavy atom. The van der Waals surface area contributed by atoms with Gasteiger partial charge in [-0.3, -0.25) is 0 Å². The van der Waals surface area contributed by atoms with Gasteiger partial charge in [0.15, 0.2) is 0 Å². The molecule has 0 unspecified atom stereocenters. The fourth-order valence-corrected chi connectivity index (χ4v) is 3.24. The van der Waals surface area contributed by atoms with E-state index in [0.717, 1.165) is 38.8 Å². The van der Waals surface area contributed by atoms with Crippen LogP contribution < -0.4 is 5.73 Å². The van der Waals surface area contributed by atoms with Crippen molar-refractivity contribution in [3.05, 3.63) is 0 Å². The summed E-state index contributed by atoms with van der Waals surface area (Å²) in [4.78, 5) is 32.1. The fourth-order valence-electron chi connectivity index (χ4n) is 3.24. The molecule has 1 heterocycles. The Morgan fingerprint density at radius 2 is 1.44 bits per heavy atom. The highest BCUT2D eigenvalue weighted by Gasteiger charge is 2.39. The molecule has 1 spiro atoms. The average molecular weight is 358 g/mol. The first-order valence-corrected chi connectivity index (χ1v) is 8.64. The minimum absolute atomic E-state index is 0.158. The molecule has 0 aromatic rings. The summed E-state index contributed by atoms with van der Waals surface area (Å²) in [6, 6.07) is 0.398. The third-order valence-corrected chi connectivity index (χ3v) is 4.75. The summed E-state index contributed by atoms with van der Waals surface area (Å²) in [6.45, 7) is 7.42. The molecule has 0 bridgehead atoms. The molecule has 1 amide bonds. The highest BCUT2D eigenvalue weighted by molar-refractivity contribution is 6.27. The van der Waals surface area contributed by atoms with Gasteiger partial charge in [0.05, 0.1) is 0 Å². The van der Waals surface area contributed by atoms with Gasteiger partial charge in [-0.05, 0) is 64.7 Å². The lowest BCUT2D eigenvalue weighted by atomic mass is 9.67. The molecule has 2 fully saturated rings. The van der Waals surface area contributed by atoms with Gasteiger partial charge in [-0.1, -0.05) is 0 Å². The van der Waals surface area contributed by atoms with Gasteiger partial charge in [-0.25, -0.2) is 14.4 Å². The number of carbonyl (C=O) groups is 3. The number of aliphatic carboxylic acids is 2. The number of ether oxygens (including phenoxy) is 1. The summed E-state index contributed by atoms with van der Waals surface area (Å²) in [5, 5.41) is 14.8. The number of carboxylic acids is 2. The van der Waals surface area contributed by atoms with Gasteiger partial charge in [-0.2, -0.15) is 0 Å². The minimum Gasteiger partial charge on any atom is -0.473 e. The van der Waals surface area contributed by atoms with Crippen molar-refractivity contribution in [3.63, 3.8) is 0 Å². The van der Waals surface area contributed by atoms with Gasteiger partial charge >= 0.3 is 18.0 Å². The lowest BCUT2D eigenvalue weighted by Gasteiger charge is -2.45. The van der Waals surface area contributed by atoms with Gasteiger partial charge < -0.3 is 25.6 Å². The summed E-state index contributed by atoms with van der Waals surface area (Å²) in [7, 11) is 0. The fraction of sp³-hybridized carbons (Fsp3) is 0.824. The molecule has 1 saturated heterocycles. The summed E-state index contributed by atoms with van der Waals surface area (Å²) < 4.78 is 5.44. The maximum Gasteiger partial charge on any atom is 0.414 e. The molecule has 4 N–H and O–H groups in total. The Balaban J connectivity index is 0.000000450. The molecule has 0 aromatic carbocycles. The zero-order chi connectivity index (χ0) is 19.3.